The zero-order valence-corrected chi connectivity index (χ0v) is 21.9. The number of fused-ring (bicyclic) bond motifs is 1. The highest BCUT2D eigenvalue weighted by Gasteiger charge is 2.66. The third kappa shape index (κ3) is 3.24. The standard InChI is InChI=1S/C26H38O5Si/c1-15(14-30-32(7,8)24(2,3)4)16-12-17-18-13-19-25(5,6)10-9-11-26(19,23(29)31-18)20(17)22(28)21(16)27/h12,15,18-19H,9-11,13-14H2,1-8H3/t15-,18-,19-,26+/m0/s1. The second-order valence-electron chi connectivity index (χ2n) is 12.6. The molecule has 1 saturated heterocycles. The molecular formula is C26H38O5Si. The summed E-state index contributed by atoms with van der Waals surface area (Å²) in [4.78, 5) is 40.0. The minimum atomic E-state index is -1.97. The average Bonchev–Trinajstić information content (AvgIpc) is 2.67. The molecule has 2 aliphatic heterocycles. The predicted molar refractivity (Wildman–Crippen MR) is 125 cm³/mol. The number of ether oxygens (including phenoxy) is 1. The average molecular weight is 459 g/mol. The van der Waals surface area contributed by atoms with E-state index < -0.39 is 31.4 Å². The number of carbonyl (C=O) groups excluding carboxylic acids is 3. The van der Waals surface area contributed by atoms with Gasteiger partial charge in [-0.2, -0.15) is 0 Å². The Bertz CT molecular complexity index is 948. The second-order valence-corrected chi connectivity index (χ2v) is 17.4. The van der Waals surface area contributed by atoms with E-state index in [0.717, 1.165) is 24.8 Å². The molecule has 0 aromatic rings. The Morgan fingerprint density at radius 1 is 1.16 bits per heavy atom. The lowest BCUT2D eigenvalue weighted by Gasteiger charge is -2.59. The predicted octanol–water partition coefficient (Wildman–Crippen LogP) is 5.16. The van der Waals surface area contributed by atoms with Crippen LogP contribution in [0.4, 0.5) is 0 Å². The Morgan fingerprint density at radius 3 is 2.44 bits per heavy atom. The van der Waals surface area contributed by atoms with Crippen LogP contribution in [-0.2, 0) is 23.5 Å². The first-order valence-electron chi connectivity index (χ1n) is 12.0. The zero-order valence-electron chi connectivity index (χ0n) is 20.9. The lowest BCUT2D eigenvalue weighted by atomic mass is 9.46. The Kier molecular flexibility index (Phi) is 5.34. The van der Waals surface area contributed by atoms with Gasteiger partial charge in [-0.05, 0) is 54.8 Å². The highest BCUT2D eigenvalue weighted by Crippen LogP contribution is 2.64. The molecule has 4 atom stereocenters. The molecule has 0 unspecified atom stereocenters. The van der Waals surface area contributed by atoms with Gasteiger partial charge in [-0.3, -0.25) is 14.4 Å². The molecule has 2 fully saturated rings. The summed E-state index contributed by atoms with van der Waals surface area (Å²) in [5, 5.41) is 0.0713. The molecule has 2 heterocycles. The Morgan fingerprint density at radius 2 is 1.81 bits per heavy atom. The second kappa shape index (κ2) is 7.23. The number of carbonyl (C=O) groups is 3. The molecule has 0 N–H and O–H groups in total. The lowest BCUT2D eigenvalue weighted by Crippen LogP contribution is -2.62. The lowest BCUT2D eigenvalue weighted by molar-refractivity contribution is -0.188. The van der Waals surface area contributed by atoms with Gasteiger partial charge in [0.05, 0.1) is 0 Å². The van der Waals surface area contributed by atoms with Gasteiger partial charge in [0.15, 0.2) is 8.32 Å². The van der Waals surface area contributed by atoms with Crippen LogP contribution in [0.2, 0.25) is 18.1 Å². The van der Waals surface area contributed by atoms with Gasteiger partial charge in [0.2, 0.25) is 11.6 Å². The Hall–Kier alpha value is -1.53. The number of ketones is 2. The van der Waals surface area contributed by atoms with Crippen LogP contribution in [0, 0.1) is 22.7 Å². The molecule has 5 nitrogen and oxygen atoms in total. The van der Waals surface area contributed by atoms with Crippen molar-refractivity contribution in [2.24, 2.45) is 22.7 Å². The van der Waals surface area contributed by atoms with E-state index in [0.29, 0.717) is 24.2 Å². The summed E-state index contributed by atoms with van der Waals surface area (Å²) in [7, 11) is -1.97. The van der Waals surface area contributed by atoms with Crippen LogP contribution in [-0.4, -0.2) is 38.6 Å². The van der Waals surface area contributed by atoms with Crippen LogP contribution in [0.1, 0.15) is 67.2 Å². The molecule has 0 amide bonds. The van der Waals surface area contributed by atoms with Crippen molar-refractivity contribution in [3.05, 3.63) is 22.8 Å². The fourth-order valence-corrected chi connectivity index (χ4v) is 7.19. The van der Waals surface area contributed by atoms with Crippen LogP contribution in [0.15, 0.2) is 22.8 Å². The summed E-state index contributed by atoms with van der Waals surface area (Å²) >= 11 is 0. The minimum Gasteiger partial charge on any atom is -0.457 e. The van der Waals surface area contributed by atoms with Gasteiger partial charge >= 0.3 is 5.97 Å². The maximum Gasteiger partial charge on any atom is 0.317 e. The SMILES string of the molecule is C[C@@H](CO[Si](C)(C)C(C)(C)C)C1=CC2=C(C(=O)C1=O)[C@@]13CCCC(C)(C)[C@@H]1C[C@@H]2OC3=O. The van der Waals surface area contributed by atoms with E-state index >= 15 is 0 Å². The number of esters is 1. The highest BCUT2D eigenvalue weighted by atomic mass is 28.4. The van der Waals surface area contributed by atoms with Crippen LogP contribution in [0.3, 0.4) is 0 Å². The summed E-state index contributed by atoms with van der Waals surface area (Å²) in [5.74, 6) is -1.40. The van der Waals surface area contributed by atoms with Crippen molar-refractivity contribution in [3.8, 4) is 0 Å². The summed E-state index contributed by atoms with van der Waals surface area (Å²) in [6, 6.07) is 0. The van der Waals surface area contributed by atoms with Crippen molar-refractivity contribution >= 4 is 25.9 Å². The first-order chi connectivity index (χ1) is 14.6. The van der Waals surface area contributed by atoms with Crippen LogP contribution < -0.4 is 0 Å². The first kappa shape index (κ1) is 23.6. The monoisotopic (exact) mass is 458 g/mol. The van der Waals surface area contributed by atoms with E-state index in [1.54, 1.807) is 0 Å². The molecule has 1 saturated carbocycles. The van der Waals surface area contributed by atoms with Crippen molar-refractivity contribution in [1.29, 1.82) is 0 Å². The van der Waals surface area contributed by atoms with Crippen LogP contribution >= 0.6 is 0 Å². The van der Waals surface area contributed by atoms with Crippen molar-refractivity contribution in [2.75, 3.05) is 6.61 Å². The molecule has 176 valence electrons. The molecule has 5 rings (SSSR count). The van der Waals surface area contributed by atoms with E-state index in [1.165, 1.54) is 0 Å². The minimum absolute atomic E-state index is 0.0415. The Balaban J connectivity index is 1.71. The van der Waals surface area contributed by atoms with Crippen LogP contribution in [0.25, 0.3) is 0 Å². The summed E-state index contributed by atoms with van der Waals surface area (Å²) < 4.78 is 12.2. The van der Waals surface area contributed by atoms with Gasteiger partial charge in [0.1, 0.15) is 11.5 Å². The van der Waals surface area contributed by atoms with Crippen molar-refractivity contribution < 1.29 is 23.5 Å². The van der Waals surface area contributed by atoms with Crippen molar-refractivity contribution in [1.82, 2.24) is 0 Å². The highest BCUT2D eigenvalue weighted by molar-refractivity contribution is 6.74. The molecule has 0 aromatic carbocycles. The van der Waals surface area contributed by atoms with Gasteiger partial charge in [0, 0.05) is 29.2 Å². The van der Waals surface area contributed by atoms with Gasteiger partial charge < -0.3 is 9.16 Å². The van der Waals surface area contributed by atoms with E-state index in [1.807, 2.05) is 13.0 Å². The normalized spacial score (nSPS) is 32.9. The fourth-order valence-electron chi connectivity index (χ4n) is 6.09. The van der Waals surface area contributed by atoms with E-state index in [4.69, 9.17) is 9.16 Å². The number of hydrogen-bond acceptors (Lipinski definition) is 5. The van der Waals surface area contributed by atoms with Gasteiger partial charge in [-0.25, -0.2) is 0 Å². The molecule has 3 aliphatic carbocycles. The Labute approximate surface area is 193 Å². The quantitative estimate of drug-likeness (QED) is 0.252. The maximum absolute atomic E-state index is 13.5. The molecule has 2 bridgehead atoms. The topological polar surface area (TPSA) is 69.7 Å². The number of rotatable bonds is 4. The summed E-state index contributed by atoms with van der Waals surface area (Å²) in [6.45, 7) is 17.7. The third-order valence-corrected chi connectivity index (χ3v) is 13.6. The van der Waals surface area contributed by atoms with E-state index in [2.05, 4.69) is 47.7 Å². The first-order valence-corrected chi connectivity index (χ1v) is 14.9. The van der Waals surface area contributed by atoms with Crippen molar-refractivity contribution in [2.45, 2.75) is 91.5 Å². The van der Waals surface area contributed by atoms with Gasteiger partial charge in [-0.1, -0.05) is 48.0 Å². The molecule has 0 radical (unpaired) electrons. The van der Waals surface area contributed by atoms with E-state index in [-0.39, 0.29) is 28.3 Å². The van der Waals surface area contributed by atoms with Gasteiger partial charge in [-0.15, -0.1) is 0 Å². The number of hydrogen-bond donors (Lipinski definition) is 0. The third-order valence-electron chi connectivity index (χ3n) is 9.11. The molecule has 6 heteroatoms. The van der Waals surface area contributed by atoms with Gasteiger partial charge in [0.25, 0.3) is 0 Å². The molecule has 0 aromatic heterocycles. The van der Waals surface area contributed by atoms with E-state index in [9.17, 15) is 14.4 Å². The fraction of sp³-hybridized carbons (Fsp3) is 0.731. The number of Topliss-reactive ketones (excluding diaryl/α,β-unsaturated/α-hetero) is 2. The molecule has 32 heavy (non-hydrogen) atoms. The largest absolute Gasteiger partial charge is 0.457 e. The molecule has 5 aliphatic rings. The van der Waals surface area contributed by atoms with Crippen LogP contribution in [0.5, 0.6) is 0 Å². The maximum atomic E-state index is 13.5. The summed E-state index contributed by atoms with van der Waals surface area (Å²) in [5.41, 5.74) is 0.707. The summed E-state index contributed by atoms with van der Waals surface area (Å²) in [6.07, 6.45) is 4.65. The molecular weight excluding hydrogens is 420 g/mol. The molecule has 1 spiro atoms. The smallest absolute Gasteiger partial charge is 0.317 e. The zero-order chi connectivity index (χ0) is 23.9. The van der Waals surface area contributed by atoms with Crippen molar-refractivity contribution in [3.63, 3.8) is 0 Å².